The Morgan fingerprint density at radius 2 is 1.78 bits per heavy atom. The predicted molar refractivity (Wildman–Crippen MR) is 140 cm³/mol. The number of hydrogen-bond donors (Lipinski definition) is 1. The number of carbonyl (C=O) groups excluding carboxylic acids is 1. The number of nitrogens with zero attached hydrogens (tertiary/aromatic N) is 2. The quantitative estimate of drug-likeness (QED) is 0.280. The molecular weight excluding hydrogens is 504 g/mol. The van der Waals surface area contributed by atoms with E-state index in [0.29, 0.717) is 58.0 Å². The van der Waals surface area contributed by atoms with Gasteiger partial charge >= 0.3 is 0 Å². The Kier molecular flexibility index (Phi) is 8.33. The monoisotopic (exact) mass is 529 g/mol. The van der Waals surface area contributed by atoms with E-state index in [1.807, 2.05) is 22.8 Å². The molecule has 6 nitrogen and oxygen atoms in total. The molecule has 1 aromatic heterocycles. The van der Waals surface area contributed by atoms with Crippen molar-refractivity contribution in [2.24, 2.45) is 0 Å². The minimum Gasteiger partial charge on any atom is -0.493 e. The second-order valence-electron chi connectivity index (χ2n) is 8.24. The van der Waals surface area contributed by atoms with Gasteiger partial charge in [0.1, 0.15) is 11.6 Å². The Hall–Kier alpha value is -3.29. The molecule has 0 spiro atoms. The lowest BCUT2D eigenvalue weighted by molar-refractivity contribution is -0.121. The molecule has 0 saturated carbocycles. The summed E-state index contributed by atoms with van der Waals surface area (Å²) in [6.07, 6.45) is 1.15. The second kappa shape index (κ2) is 11.6. The second-order valence-corrected chi connectivity index (χ2v) is 9.06. The molecular formula is C27H26Cl2FN3O3. The van der Waals surface area contributed by atoms with Gasteiger partial charge < -0.3 is 19.4 Å². The van der Waals surface area contributed by atoms with Crippen molar-refractivity contribution in [3.63, 3.8) is 0 Å². The summed E-state index contributed by atoms with van der Waals surface area (Å²) in [4.78, 5) is 17.3. The van der Waals surface area contributed by atoms with Crippen LogP contribution in [-0.4, -0.2) is 36.2 Å². The molecule has 0 aliphatic rings. The topological polar surface area (TPSA) is 65.4 Å². The van der Waals surface area contributed by atoms with E-state index in [1.165, 1.54) is 6.07 Å². The molecule has 4 rings (SSSR count). The van der Waals surface area contributed by atoms with Gasteiger partial charge in [-0.1, -0.05) is 47.5 Å². The van der Waals surface area contributed by atoms with Gasteiger partial charge in [0, 0.05) is 25.9 Å². The molecule has 188 valence electrons. The third kappa shape index (κ3) is 5.91. The van der Waals surface area contributed by atoms with Gasteiger partial charge in [0.2, 0.25) is 5.91 Å². The molecule has 3 aromatic carbocycles. The minimum atomic E-state index is -0.305. The number of rotatable bonds is 10. The molecule has 0 aliphatic heterocycles. The third-order valence-corrected chi connectivity index (χ3v) is 6.64. The number of benzene rings is 3. The first kappa shape index (κ1) is 25.8. The van der Waals surface area contributed by atoms with E-state index in [0.717, 1.165) is 11.1 Å². The fourth-order valence-electron chi connectivity index (χ4n) is 4.05. The van der Waals surface area contributed by atoms with Crippen LogP contribution in [0.4, 0.5) is 4.39 Å². The number of amides is 1. The number of halogens is 3. The van der Waals surface area contributed by atoms with E-state index in [4.69, 9.17) is 32.7 Å². The van der Waals surface area contributed by atoms with Gasteiger partial charge in [-0.25, -0.2) is 9.37 Å². The summed E-state index contributed by atoms with van der Waals surface area (Å²) in [7, 11) is 3.18. The molecule has 1 amide bonds. The number of aryl methyl sites for hydroxylation is 1. The highest BCUT2D eigenvalue weighted by Gasteiger charge is 2.16. The predicted octanol–water partition coefficient (Wildman–Crippen LogP) is 5.84. The van der Waals surface area contributed by atoms with Gasteiger partial charge in [0.05, 0.1) is 35.3 Å². The number of methoxy groups -OCH3 is 2. The van der Waals surface area contributed by atoms with Gasteiger partial charge in [0.15, 0.2) is 11.5 Å². The fraction of sp³-hybridized carbons (Fsp3) is 0.259. The highest BCUT2D eigenvalue weighted by atomic mass is 35.5. The van der Waals surface area contributed by atoms with Gasteiger partial charge in [0.25, 0.3) is 0 Å². The van der Waals surface area contributed by atoms with Crippen LogP contribution in [0.1, 0.15) is 23.4 Å². The standard InChI is InChI=1S/C27H26Cl2FN3O3/c1-35-24-8-7-17(13-25(24)36-2)9-11-31-27(34)10-12-33-23-16-20(29)19(28)15-22(23)32-26(33)14-18-5-3-4-6-21(18)30/h3-8,13,15-16H,9-12,14H2,1-2H3,(H,31,34). The van der Waals surface area contributed by atoms with Gasteiger partial charge in [-0.3, -0.25) is 4.79 Å². The lowest BCUT2D eigenvalue weighted by Crippen LogP contribution is -2.26. The zero-order valence-electron chi connectivity index (χ0n) is 20.0. The summed E-state index contributed by atoms with van der Waals surface area (Å²) in [6.45, 7) is 0.836. The zero-order chi connectivity index (χ0) is 25.7. The Morgan fingerprint density at radius 1 is 1.03 bits per heavy atom. The van der Waals surface area contributed by atoms with Crippen LogP contribution in [0.25, 0.3) is 11.0 Å². The van der Waals surface area contributed by atoms with Crippen LogP contribution in [0.5, 0.6) is 11.5 Å². The zero-order valence-corrected chi connectivity index (χ0v) is 21.5. The van der Waals surface area contributed by atoms with E-state index < -0.39 is 0 Å². The summed E-state index contributed by atoms with van der Waals surface area (Å²) in [5.74, 6) is 1.53. The molecule has 0 radical (unpaired) electrons. The summed E-state index contributed by atoms with van der Waals surface area (Å²) in [5, 5.41) is 3.73. The van der Waals surface area contributed by atoms with E-state index in [9.17, 15) is 9.18 Å². The van der Waals surface area contributed by atoms with E-state index >= 15 is 0 Å². The van der Waals surface area contributed by atoms with Crippen molar-refractivity contribution in [1.29, 1.82) is 0 Å². The molecule has 0 atom stereocenters. The van der Waals surface area contributed by atoms with Crippen LogP contribution in [-0.2, 0) is 24.2 Å². The number of fused-ring (bicyclic) bond motifs is 1. The molecule has 0 fully saturated rings. The molecule has 1 N–H and O–H groups in total. The van der Waals surface area contributed by atoms with Crippen molar-refractivity contribution in [3.05, 3.63) is 87.4 Å². The number of imidazole rings is 1. The minimum absolute atomic E-state index is 0.103. The normalized spacial score (nSPS) is 11.0. The first-order valence-corrected chi connectivity index (χ1v) is 12.2. The number of hydrogen-bond acceptors (Lipinski definition) is 4. The van der Waals surface area contributed by atoms with Crippen molar-refractivity contribution >= 4 is 40.1 Å². The summed E-state index contributed by atoms with van der Waals surface area (Å²) in [5.41, 5.74) is 2.93. The van der Waals surface area contributed by atoms with Crippen molar-refractivity contribution in [1.82, 2.24) is 14.9 Å². The number of aromatic nitrogens is 2. The average molecular weight is 530 g/mol. The van der Waals surface area contributed by atoms with E-state index in [1.54, 1.807) is 44.6 Å². The Balaban J connectivity index is 1.45. The Labute approximate surface area is 218 Å². The molecule has 0 unspecified atom stereocenters. The highest BCUT2D eigenvalue weighted by molar-refractivity contribution is 6.42. The van der Waals surface area contributed by atoms with E-state index in [2.05, 4.69) is 10.3 Å². The number of ether oxygens (including phenoxy) is 2. The average Bonchev–Trinajstić information content (AvgIpc) is 3.19. The maximum absolute atomic E-state index is 14.3. The highest BCUT2D eigenvalue weighted by Crippen LogP contribution is 2.30. The molecule has 4 aromatic rings. The number of nitrogens with one attached hydrogen (secondary N) is 1. The van der Waals surface area contributed by atoms with Gasteiger partial charge in [-0.2, -0.15) is 0 Å². The number of carbonyl (C=O) groups is 1. The van der Waals surface area contributed by atoms with Crippen LogP contribution in [0.3, 0.4) is 0 Å². The first-order chi connectivity index (χ1) is 17.4. The van der Waals surface area contributed by atoms with Crippen LogP contribution >= 0.6 is 23.2 Å². The van der Waals surface area contributed by atoms with Crippen LogP contribution < -0.4 is 14.8 Å². The van der Waals surface area contributed by atoms with Crippen molar-refractivity contribution in [3.8, 4) is 11.5 Å². The summed E-state index contributed by atoms with van der Waals surface area (Å²) in [6, 6.07) is 15.7. The van der Waals surface area contributed by atoms with Crippen LogP contribution in [0.15, 0.2) is 54.6 Å². The smallest absolute Gasteiger partial charge is 0.221 e. The fourth-order valence-corrected chi connectivity index (χ4v) is 4.37. The van der Waals surface area contributed by atoms with Crippen molar-refractivity contribution in [2.45, 2.75) is 25.8 Å². The SMILES string of the molecule is COc1ccc(CCNC(=O)CCn2c(Cc3ccccc3F)nc3cc(Cl)c(Cl)cc32)cc1OC. The van der Waals surface area contributed by atoms with Gasteiger partial charge in [-0.15, -0.1) is 0 Å². The molecule has 0 aliphatic carbocycles. The molecule has 9 heteroatoms. The van der Waals surface area contributed by atoms with E-state index in [-0.39, 0.29) is 24.6 Å². The Bertz CT molecular complexity index is 1390. The molecule has 0 saturated heterocycles. The summed E-state index contributed by atoms with van der Waals surface area (Å²) < 4.78 is 26.8. The van der Waals surface area contributed by atoms with Crippen LogP contribution in [0.2, 0.25) is 10.0 Å². The van der Waals surface area contributed by atoms with Gasteiger partial charge in [-0.05, 0) is 47.9 Å². The first-order valence-electron chi connectivity index (χ1n) is 11.4. The molecule has 1 heterocycles. The van der Waals surface area contributed by atoms with Crippen LogP contribution in [0, 0.1) is 5.82 Å². The molecule has 0 bridgehead atoms. The van der Waals surface area contributed by atoms with Crippen molar-refractivity contribution < 1.29 is 18.7 Å². The maximum Gasteiger partial charge on any atom is 0.221 e. The lowest BCUT2D eigenvalue weighted by Gasteiger charge is -2.12. The molecule has 36 heavy (non-hydrogen) atoms. The Morgan fingerprint density at radius 3 is 2.53 bits per heavy atom. The van der Waals surface area contributed by atoms with Crippen molar-refractivity contribution in [2.75, 3.05) is 20.8 Å². The maximum atomic E-state index is 14.3. The summed E-state index contributed by atoms with van der Waals surface area (Å²) >= 11 is 12.4. The largest absolute Gasteiger partial charge is 0.493 e. The lowest BCUT2D eigenvalue weighted by atomic mass is 10.1. The third-order valence-electron chi connectivity index (χ3n) is 5.92.